The van der Waals surface area contributed by atoms with E-state index in [1.165, 1.54) is 48.6 Å². The minimum atomic E-state index is -6.38. The third-order valence-electron chi connectivity index (χ3n) is 6.10. The lowest BCUT2D eigenvalue weighted by Gasteiger charge is -2.28. The lowest BCUT2D eigenvalue weighted by molar-refractivity contribution is -0.355. The van der Waals surface area contributed by atoms with Crippen molar-refractivity contribution < 1.29 is 54.5 Å². The van der Waals surface area contributed by atoms with E-state index in [9.17, 15) is 40.3 Å². The summed E-state index contributed by atoms with van der Waals surface area (Å²) in [5.41, 5.74) is 14.1. The van der Waals surface area contributed by atoms with Crippen LogP contribution in [-0.2, 0) is 16.0 Å². The highest BCUT2D eigenvalue weighted by Crippen LogP contribution is 2.48. The van der Waals surface area contributed by atoms with E-state index in [1.54, 1.807) is 30.3 Å². The molecule has 44 heavy (non-hydrogen) atoms. The lowest BCUT2D eigenvalue weighted by atomic mass is 10.1. The van der Waals surface area contributed by atoms with Gasteiger partial charge in [0.15, 0.2) is 0 Å². The Morgan fingerprint density at radius 1 is 0.795 bits per heavy atom. The highest BCUT2D eigenvalue weighted by Gasteiger charge is 2.72. The fourth-order valence-corrected chi connectivity index (χ4v) is 3.66. The Bertz CT molecular complexity index is 1460. The molecule has 0 saturated carbocycles. The molecule has 3 rings (SSSR count). The van der Waals surface area contributed by atoms with Gasteiger partial charge in [-0.1, -0.05) is 18.2 Å². The predicted octanol–water partition coefficient (Wildman–Crippen LogP) is 6.86. The van der Waals surface area contributed by atoms with Crippen LogP contribution in [0.3, 0.4) is 0 Å². The van der Waals surface area contributed by atoms with Gasteiger partial charge in [-0.05, 0) is 72.2 Å². The first-order valence-corrected chi connectivity index (χ1v) is 13.0. The number of ether oxygens (including phenoxy) is 3. The average molecular weight is 629 g/mol. The van der Waals surface area contributed by atoms with Crippen LogP contribution in [0.4, 0.5) is 42.1 Å². The third-order valence-corrected chi connectivity index (χ3v) is 6.10. The summed E-state index contributed by atoms with van der Waals surface area (Å²) >= 11 is 0. The van der Waals surface area contributed by atoms with Gasteiger partial charge < -0.3 is 25.7 Å². The largest absolute Gasteiger partial charge is 0.494 e. The second-order valence-corrected chi connectivity index (χ2v) is 9.42. The Morgan fingerprint density at radius 2 is 1.43 bits per heavy atom. The van der Waals surface area contributed by atoms with Crippen molar-refractivity contribution in [3.8, 4) is 11.5 Å². The fraction of sp³-hybridized carbons (Fsp3) is 0.267. The number of esters is 2. The zero-order valence-corrected chi connectivity index (χ0v) is 22.9. The van der Waals surface area contributed by atoms with E-state index in [4.69, 9.17) is 25.7 Å². The molecule has 0 aliphatic rings. The van der Waals surface area contributed by atoms with E-state index in [0.717, 1.165) is 5.56 Å². The number of hydrogen-bond acceptors (Lipinski definition) is 7. The molecule has 14 heteroatoms. The summed E-state index contributed by atoms with van der Waals surface area (Å²) in [6.07, 6.45) is -5.75. The van der Waals surface area contributed by atoms with Gasteiger partial charge in [0, 0.05) is 30.3 Å². The van der Waals surface area contributed by atoms with Gasteiger partial charge >= 0.3 is 30.0 Å². The molecule has 0 aromatic heterocycles. The number of carbonyl (C=O) groups excluding carboxylic acids is 2. The summed E-state index contributed by atoms with van der Waals surface area (Å²) in [4.78, 5) is 24.4. The molecule has 0 saturated heterocycles. The number of nitrogen functional groups attached to an aromatic ring is 2. The van der Waals surface area contributed by atoms with E-state index in [-0.39, 0.29) is 23.7 Å². The summed E-state index contributed by atoms with van der Waals surface area (Å²) in [5.74, 6) is -12.5. The molecule has 0 unspecified atom stereocenters. The Hall–Kier alpha value is -4.75. The first kappa shape index (κ1) is 33.7. The molecule has 3 aromatic carbocycles. The Labute approximate surface area is 247 Å². The van der Waals surface area contributed by atoms with Gasteiger partial charge in [0.25, 0.3) is 0 Å². The summed E-state index contributed by atoms with van der Waals surface area (Å²) in [6, 6.07) is 16.4. The molecular formula is C30H27F7N2O5. The zero-order chi connectivity index (χ0) is 32.5. The maximum Gasteiger partial charge on any atom is 0.459 e. The minimum Gasteiger partial charge on any atom is -0.494 e. The number of carbonyl (C=O) groups is 2. The number of alkyl halides is 7. The summed E-state index contributed by atoms with van der Waals surface area (Å²) in [5, 5.41) is 0. The molecule has 0 spiro atoms. The molecule has 0 atom stereocenters. The summed E-state index contributed by atoms with van der Waals surface area (Å²) < 4.78 is 105. The number of halogens is 7. The van der Waals surface area contributed by atoms with Crippen molar-refractivity contribution in [3.63, 3.8) is 0 Å². The molecule has 0 radical (unpaired) electrons. The number of nitrogens with two attached hydrogens (primary N) is 2. The van der Waals surface area contributed by atoms with Gasteiger partial charge in [-0.25, -0.2) is 9.59 Å². The molecule has 0 aliphatic heterocycles. The maximum atomic E-state index is 13.3. The molecule has 0 heterocycles. The fourth-order valence-electron chi connectivity index (χ4n) is 3.66. The highest BCUT2D eigenvalue weighted by molar-refractivity contribution is 5.91. The van der Waals surface area contributed by atoms with Crippen LogP contribution in [0.5, 0.6) is 11.5 Å². The quantitative estimate of drug-likeness (QED) is 0.0531. The first-order valence-electron chi connectivity index (χ1n) is 13.0. The smallest absolute Gasteiger partial charge is 0.459 e. The molecule has 7 nitrogen and oxygen atoms in total. The number of rotatable bonds is 13. The Morgan fingerprint density at radius 3 is 2.05 bits per heavy atom. The first-order chi connectivity index (χ1) is 20.6. The van der Waals surface area contributed by atoms with Gasteiger partial charge in [-0.15, -0.1) is 0 Å². The summed E-state index contributed by atoms with van der Waals surface area (Å²) in [6.45, 7) is -0.449. The molecule has 0 amide bonds. The average Bonchev–Trinajstić information content (AvgIpc) is 2.95. The monoisotopic (exact) mass is 628 g/mol. The van der Waals surface area contributed by atoms with Crippen molar-refractivity contribution >= 4 is 29.4 Å². The van der Waals surface area contributed by atoms with E-state index in [1.807, 2.05) is 0 Å². The normalized spacial score (nSPS) is 12.2. The van der Waals surface area contributed by atoms with Crippen molar-refractivity contribution in [2.24, 2.45) is 0 Å². The highest BCUT2D eigenvalue weighted by atomic mass is 19.4. The molecule has 0 bridgehead atoms. The number of benzene rings is 3. The van der Waals surface area contributed by atoms with Crippen LogP contribution in [-0.4, -0.2) is 43.2 Å². The predicted molar refractivity (Wildman–Crippen MR) is 147 cm³/mol. The van der Waals surface area contributed by atoms with Crippen molar-refractivity contribution in [3.05, 3.63) is 89.5 Å². The molecular weight excluding hydrogens is 601 g/mol. The standard InChI is InChI=1S/C30H27F7N2O5/c31-28(32,29(33,34)30(35,36)37)15-1-16-42-23-11-6-21(7-12-23)27(41)44-24-9-2-19(3-10-24)4-13-26(40)43-17-14-20-5-8-22(38)18-25(20)39/h2-13,18H,1,14-17,38-39H2/b13-4+. The Kier molecular flexibility index (Phi) is 10.9. The van der Waals surface area contributed by atoms with Gasteiger partial charge in [-0.2, -0.15) is 30.7 Å². The zero-order valence-electron chi connectivity index (χ0n) is 22.9. The molecule has 0 fully saturated rings. The van der Waals surface area contributed by atoms with Crippen LogP contribution in [0, 0.1) is 0 Å². The van der Waals surface area contributed by atoms with Crippen molar-refractivity contribution in [2.45, 2.75) is 37.3 Å². The second-order valence-electron chi connectivity index (χ2n) is 9.42. The van der Waals surface area contributed by atoms with E-state index < -0.39 is 49.4 Å². The summed E-state index contributed by atoms with van der Waals surface area (Å²) in [7, 11) is 0. The third kappa shape index (κ3) is 9.12. The van der Waals surface area contributed by atoms with Crippen molar-refractivity contribution in [1.29, 1.82) is 0 Å². The van der Waals surface area contributed by atoms with Gasteiger partial charge in [-0.3, -0.25) is 0 Å². The molecule has 236 valence electrons. The number of hydrogen-bond donors (Lipinski definition) is 2. The topological polar surface area (TPSA) is 114 Å². The Balaban J connectivity index is 1.42. The van der Waals surface area contributed by atoms with Crippen LogP contribution in [0.1, 0.15) is 34.3 Å². The van der Waals surface area contributed by atoms with Gasteiger partial charge in [0.2, 0.25) is 0 Å². The van der Waals surface area contributed by atoms with Crippen molar-refractivity contribution in [1.82, 2.24) is 0 Å². The maximum absolute atomic E-state index is 13.3. The SMILES string of the molecule is Nc1ccc(CCOC(=O)/C=C/c2ccc(OC(=O)c3ccc(OCCCC(F)(F)C(F)(F)C(F)(F)F)cc3)cc2)c(N)c1. The lowest BCUT2D eigenvalue weighted by Crippen LogP contribution is -2.51. The minimum absolute atomic E-state index is 0.0662. The van der Waals surface area contributed by atoms with Crippen LogP contribution >= 0.6 is 0 Å². The molecule has 4 N–H and O–H groups in total. The van der Waals surface area contributed by atoms with E-state index in [2.05, 4.69) is 0 Å². The van der Waals surface area contributed by atoms with E-state index in [0.29, 0.717) is 23.4 Å². The van der Waals surface area contributed by atoms with Crippen LogP contribution < -0.4 is 20.9 Å². The number of anilines is 2. The van der Waals surface area contributed by atoms with Crippen molar-refractivity contribution in [2.75, 3.05) is 24.7 Å². The van der Waals surface area contributed by atoms with Crippen LogP contribution in [0.2, 0.25) is 0 Å². The molecule has 0 aliphatic carbocycles. The second kappa shape index (κ2) is 14.1. The van der Waals surface area contributed by atoms with Crippen LogP contribution in [0.25, 0.3) is 6.08 Å². The van der Waals surface area contributed by atoms with E-state index >= 15 is 0 Å². The van der Waals surface area contributed by atoms with Gasteiger partial charge in [0.05, 0.1) is 18.8 Å². The molecule has 3 aromatic rings. The van der Waals surface area contributed by atoms with Gasteiger partial charge in [0.1, 0.15) is 11.5 Å². The van der Waals surface area contributed by atoms with Crippen LogP contribution in [0.15, 0.2) is 72.8 Å².